The average Bonchev–Trinajstić information content (AvgIpc) is 2.88. The van der Waals surface area contributed by atoms with Crippen molar-refractivity contribution >= 4 is 28.5 Å². The number of nitrogens with two attached hydrogens (primary N) is 1. The van der Waals surface area contributed by atoms with Gasteiger partial charge in [0.2, 0.25) is 0 Å². The molecule has 0 bridgehead atoms. The van der Waals surface area contributed by atoms with Gasteiger partial charge >= 0.3 is 6.03 Å². The first kappa shape index (κ1) is 14.7. The minimum atomic E-state index is -0.609. The van der Waals surface area contributed by atoms with E-state index in [2.05, 4.69) is 19.9 Å². The van der Waals surface area contributed by atoms with Crippen LogP contribution in [0, 0.1) is 0 Å². The highest BCUT2D eigenvalue weighted by molar-refractivity contribution is 7.10. The van der Waals surface area contributed by atoms with Crippen LogP contribution in [0.25, 0.3) is 0 Å². The molecular weight excluding hydrogens is 282 g/mol. The Morgan fingerprint density at radius 1 is 1.45 bits per heavy atom. The van der Waals surface area contributed by atoms with Crippen LogP contribution in [0.2, 0.25) is 0 Å². The Labute approximate surface area is 120 Å². The van der Waals surface area contributed by atoms with E-state index in [4.69, 9.17) is 10.5 Å². The molecule has 1 saturated heterocycles. The van der Waals surface area contributed by atoms with Gasteiger partial charge in [-0.15, -0.1) is 0 Å². The fourth-order valence-corrected chi connectivity index (χ4v) is 2.46. The lowest BCUT2D eigenvalue weighted by molar-refractivity contribution is 0.0388. The summed E-state index contributed by atoms with van der Waals surface area (Å²) >= 11 is 1.02. The number of ether oxygens (including phenoxy) is 1. The number of urea groups is 1. The highest BCUT2D eigenvalue weighted by Gasteiger charge is 2.14. The van der Waals surface area contributed by atoms with Crippen LogP contribution in [0.5, 0.6) is 0 Å². The van der Waals surface area contributed by atoms with Gasteiger partial charge in [-0.2, -0.15) is 4.37 Å². The first-order chi connectivity index (χ1) is 9.66. The fourth-order valence-electron chi connectivity index (χ4n) is 1.80. The van der Waals surface area contributed by atoms with Gasteiger partial charge in [-0.05, 0) is 11.5 Å². The number of nitrogens with one attached hydrogen (secondary N) is 2. The molecule has 0 atom stereocenters. The van der Waals surface area contributed by atoms with Gasteiger partial charge in [0, 0.05) is 26.2 Å². The molecule has 0 unspecified atom stereocenters. The van der Waals surface area contributed by atoms with Gasteiger partial charge in [0.1, 0.15) is 5.00 Å². The molecule has 8 nitrogen and oxygen atoms in total. The molecule has 0 radical (unpaired) electrons. The van der Waals surface area contributed by atoms with Gasteiger partial charge in [-0.1, -0.05) is 0 Å². The van der Waals surface area contributed by atoms with Crippen LogP contribution in [0.4, 0.5) is 9.80 Å². The zero-order chi connectivity index (χ0) is 14.4. The maximum Gasteiger partial charge on any atom is 0.319 e. The van der Waals surface area contributed by atoms with Crippen molar-refractivity contribution in [1.82, 2.24) is 14.6 Å². The SMILES string of the molecule is NC(=O)c1cnsc1NC(=O)NCCN1CCOCC1. The molecule has 0 aromatic carbocycles. The molecule has 1 aliphatic rings. The molecule has 9 heteroatoms. The molecule has 2 heterocycles. The molecular formula is C11H17N5O3S. The van der Waals surface area contributed by atoms with E-state index in [1.54, 1.807) is 0 Å². The standard InChI is InChI=1S/C11H17N5O3S/c12-9(17)8-7-14-20-10(8)15-11(18)13-1-2-16-3-5-19-6-4-16/h7H,1-6H2,(H2,12,17)(H2,13,15,18). The molecule has 2 rings (SSSR count). The van der Waals surface area contributed by atoms with Crippen LogP contribution in [-0.4, -0.2) is 60.6 Å². The Bertz CT molecular complexity index is 472. The Kier molecular flexibility index (Phi) is 5.27. The second-order valence-corrected chi connectivity index (χ2v) is 5.07. The van der Waals surface area contributed by atoms with Crippen molar-refractivity contribution < 1.29 is 14.3 Å². The molecule has 1 aromatic rings. The van der Waals surface area contributed by atoms with Crippen molar-refractivity contribution in [3.8, 4) is 0 Å². The van der Waals surface area contributed by atoms with Crippen molar-refractivity contribution in [3.05, 3.63) is 11.8 Å². The Morgan fingerprint density at radius 2 is 2.20 bits per heavy atom. The fraction of sp³-hybridized carbons (Fsp3) is 0.545. The van der Waals surface area contributed by atoms with Crippen LogP contribution in [0.3, 0.4) is 0 Å². The third kappa shape index (κ3) is 4.15. The maximum atomic E-state index is 11.7. The summed E-state index contributed by atoms with van der Waals surface area (Å²) in [6.07, 6.45) is 1.34. The first-order valence-electron chi connectivity index (χ1n) is 6.26. The van der Waals surface area contributed by atoms with Gasteiger partial charge < -0.3 is 15.8 Å². The highest BCUT2D eigenvalue weighted by Crippen LogP contribution is 2.19. The molecule has 0 spiro atoms. The van der Waals surface area contributed by atoms with Crippen LogP contribution in [0.1, 0.15) is 10.4 Å². The normalized spacial score (nSPS) is 15.8. The van der Waals surface area contributed by atoms with E-state index in [0.29, 0.717) is 11.5 Å². The minimum absolute atomic E-state index is 0.221. The lowest BCUT2D eigenvalue weighted by Crippen LogP contribution is -2.42. The molecule has 0 aliphatic carbocycles. The number of carbonyl (C=O) groups excluding carboxylic acids is 2. The third-order valence-electron chi connectivity index (χ3n) is 2.88. The van der Waals surface area contributed by atoms with Crippen LogP contribution >= 0.6 is 11.5 Å². The molecule has 4 N–H and O–H groups in total. The Balaban J connectivity index is 1.72. The number of rotatable bonds is 5. The number of hydrogen-bond acceptors (Lipinski definition) is 6. The molecule has 0 saturated carbocycles. The summed E-state index contributed by atoms with van der Waals surface area (Å²) in [6, 6.07) is -0.370. The minimum Gasteiger partial charge on any atom is -0.379 e. The molecule has 1 fully saturated rings. The van der Waals surface area contributed by atoms with Gasteiger partial charge in [0.15, 0.2) is 0 Å². The summed E-state index contributed by atoms with van der Waals surface area (Å²) in [5.41, 5.74) is 5.39. The van der Waals surface area contributed by atoms with E-state index in [9.17, 15) is 9.59 Å². The van der Waals surface area contributed by atoms with E-state index in [1.165, 1.54) is 6.20 Å². The summed E-state index contributed by atoms with van der Waals surface area (Å²) in [5, 5.41) is 5.66. The van der Waals surface area contributed by atoms with E-state index in [1.807, 2.05) is 0 Å². The van der Waals surface area contributed by atoms with Crippen LogP contribution < -0.4 is 16.4 Å². The number of hydrogen-bond donors (Lipinski definition) is 3. The molecule has 1 aliphatic heterocycles. The van der Waals surface area contributed by atoms with Crippen LogP contribution in [0.15, 0.2) is 6.20 Å². The Morgan fingerprint density at radius 3 is 2.90 bits per heavy atom. The number of primary amides is 1. The third-order valence-corrected chi connectivity index (χ3v) is 3.60. The summed E-state index contributed by atoms with van der Waals surface area (Å²) < 4.78 is 9.07. The predicted octanol–water partition coefficient (Wildman–Crippen LogP) is -0.304. The van der Waals surface area contributed by atoms with Crippen molar-refractivity contribution in [3.63, 3.8) is 0 Å². The summed E-state index contributed by atoms with van der Waals surface area (Å²) in [7, 11) is 0. The number of anilines is 1. The quantitative estimate of drug-likeness (QED) is 0.691. The zero-order valence-corrected chi connectivity index (χ0v) is 11.7. The monoisotopic (exact) mass is 299 g/mol. The second-order valence-electron chi connectivity index (χ2n) is 4.27. The number of carbonyl (C=O) groups is 2. The van der Waals surface area contributed by atoms with E-state index in [0.717, 1.165) is 44.4 Å². The van der Waals surface area contributed by atoms with E-state index >= 15 is 0 Å². The highest BCUT2D eigenvalue weighted by atomic mass is 32.1. The van der Waals surface area contributed by atoms with E-state index in [-0.39, 0.29) is 11.6 Å². The summed E-state index contributed by atoms with van der Waals surface area (Å²) in [6.45, 7) is 4.51. The summed E-state index contributed by atoms with van der Waals surface area (Å²) in [4.78, 5) is 25.0. The smallest absolute Gasteiger partial charge is 0.319 e. The van der Waals surface area contributed by atoms with Crippen molar-refractivity contribution in [1.29, 1.82) is 0 Å². The van der Waals surface area contributed by atoms with Crippen molar-refractivity contribution in [2.24, 2.45) is 5.73 Å². The molecule has 3 amide bonds. The summed E-state index contributed by atoms with van der Waals surface area (Å²) in [5.74, 6) is -0.609. The first-order valence-corrected chi connectivity index (χ1v) is 7.03. The Hall–Kier alpha value is -1.71. The van der Waals surface area contributed by atoms with E-state index < -0.39 is 5.91 Å². The molecule has 110 valence electrons. The number of morpholine rings is 1. The number of nitrogens with zero attached hydrogens (tertiary/aromatic N) is 2. The van der Waals surface area contributed by atoms with Crippen molar-refractivity contribution in [2.45, 2.75) is 0 Å². The van der Waals surface area contributed by atoms with Gasteiger partial charge in [-0.25, -0.2) is 4.79 Å². The molecule has 1 aromatic heterocycles. The van der Waals surface area contributed by atoms with Gasteiger partial charge in [0.25, 0.3) is 5.91 Å². The predicted molar refractivity (Wildman–Crippen MR) is 74.9 cm³/mol. The van der Waals surface area contributed by atoms with Crippen LogP contribution in [-0.2, 0) is 4.74 Å². The largest absolute Gasteiger partial charge is 0.379 e. The molecule has 20 heavy (non-hydrogen) atoms. The zero-order valence-electron chi connectivity index (χ0n) is 10.9. The van der Waals surface area contributed by atoms with Gasteiger partial charge in [-0.3, -0.25) is 15.0 Å². The maximum absolute atomic E-state index is 11.7. The number of aromatic nitrogens is 1. The number of amides is 3. The average molecular weight is 299 g/mol. The van der Waals surface area contributed by atoms with Gasteiger partial charge in [0.05, 0.1) is 25.0 Å². The second kappa shape index (κ2) is 7.17. The van der Waals surface area contributed by atoms with Crippen molar-refractivity contribution in [2.75, 3.05) is 44.7 Å². The topological polar surface area (TPSA) is 110 Å². The lowest BCUT2D eigenvalue weighted by atomic mass is 10.3. The lowest BCUT2D eigenvalue weighted by Gasteiger charge is -2.26.